The first kappa shape index (κ1) is 13.7. The maximum Gasteiger partial charge on any atom is 0.410 e. The monoisotopic (exact) mass is 254 g/mol. The Hall–Kier alpha value is -0.770. The number of carbonyl (C=O) groups is 1. The fraction of sp³-hybridized carbons (Fsp3) is 0.929. The summed E-state index contributed by atoms with van der Waals surface area (Å²) in [5.41, 5.74) is 0.0691. The summed E-state index contributed by atoms with van der Waals surface area (Å²) in [5, 5.41) is 3.37. The third-order valence-electron chi connectivity index (χ3n) is 4.17. The Morgan fingerprint density at radius 1 is 1.33 bits per heavy atom. The number of carbonyl (C=O) groups excluding carboxylic acids is 1. The number of hydrogen-bond donors (Lipinski definition) is 1. The van der Waals surface area contributed by atoms with E-state index < -0.39 is 5.60 Å². The van der Waals surface area contributed by atoms with Crippen LogP contribution in [0.1, 0.15) is 46.5 Å². The number of nitrogens with zero attached hydrogens (tertiary/aromatic N) is 1. The molecule has 1 heterocycles. The Kier molecular flexibility index (Phi) is 3.58. The molecule has 2 atom stereocenters. The summed E-state index contributed by atoms with van der Waals surface area (Å²) >= 11 is 0. The predicted molar refractivity (Wildman–Crippen MR) is 71.6 cm³/mol. The van der Waals surface area contributed by atoms with E-state index in [0.29, 0.717) is 11.5 Å². The lowest BCUT2D eigenvalue weighted by molar-refractivity contribution is 0.0254. The van der Waals surface area contributed by atoms with Crippen LogP contribution in [0.4, 0.5) is 4.79 Å². The van der Waals surface area contributed by atoms with Gasteiger partial charge in [0.15, 0.2) is 0 Å². The van der Waals surface area contributed by atoms with Gasteiger partial charge in [-0.1, -0.05) is 0 Å². The van der Waals surface area contributed by atoms with Crippen molar-refractivity contribution in [2.45, 2.75) is 58.1 Å². The van der Waals surface area contributed by atoms with E-state index in [9.17, 15) is 4.79 Å². The van der Waals surface area contributed by atoms with Crippen LogP contribution < -0.4 is 5.32 Å². The molecular formula is C14H26N2O2. The SMILES string of the molecule is CNC1CC12CCCN(C(=O)OC(C)(C)C)CC2. The minimum Gasteiger partial charge on any atom is -0.444 e. The van der Waals surface area contributed by atoms with E-state index in [1.807, 2.05) is 32.7 Å². The lowest BCUT2D eigenvalue weighted by Gasteiger charge is -2.26. The minimum absolute atomic E-state index is 0.152. The lowest BCUT2D eigenvalue weighted by Crippen LogP contribution is -2.37. The van der Waals surface area contributed by atoms with Crippen molar-refractivity contribution >= 4 is 6.09 Å². The molecule has 1 saturated heterocycles. The van der Waals surface area contributed by atoms with Crippen molar-refractivity contribution in [3.8, 4) is 0 Å². The number of nitrogens with one attached hydrogen (secondary N) is 1. The van der Waals surface area contributed by atoms with Gasteiger partial charge in [-0.3, -0.25) is 0 Å². The van der Waals surface area contributed by atoms with Crippen LogP contribution in [0, 0.1) is 5.41 Å². The van der Waals surface area contributed by atoms with Crippen LogP contribution in [0.25, 0.3) is 0 Å². The van der Waals surface area contributed by atoms with Crippen molar-refractivity contribution < 1.29 is 9.53 Å². The molecule has 4 nitrogen and oxygen atoms in total. The maximum absolute atomic E-state index is 12.0. The van der Waals surface area contributed by atoms with Crippen LogP contribution >= 0.6 is 0 Å². The highest BCUT2D eigenvalue weighted by molar-refractivity contribution is 5.68. The van der Waals surface area contributed by atoms with Gasteiger partial charge in [-0.15, -0.1) is 0 Å². The van der Waals surface area contributed by atoms with Gasteiger partial charge in [0.1, 0.15) is 5.60 Å². The van der Waals surface area contributed by atoms with Crippen molar-refractivity contribution in [1.29, 1.82) is 0 Å². The number of hydrogen-bond acceptors (Lipinski definition) is 3. The van der Waals surface area contributed by atoms with Crippen LogP contribution in [0.2, 0.25) is 0 Å². The highest BCUT2D eigenvalue weighted by Crippen LogP contribution is 2.53. The molecule has 0 aromatic heterocycles. The Morgan fingerprint density at radius 2 is 2.06 bits per heavy atom. The van der Waals surface area contributed by atoms with E-state index in [2.05, 4.69) is 5.32 Å². The Balaban J connectivity index is 1.88. The van der Waals surface area contributed by atoms with Crippen LogP contribution in [0.15, 0.2) is 0 Å². The first-order valence-corrected chi connectivity index (χ1v) is 7.01. The molecule has 1 amide bonds. The molecule has 1 aliphatic heterocycles. The number of likely N-dealkylation sites (tertiary alicyclic amines) is 1. The third kappa shape index (κ3) is 2.97. The second-order valence-electron chi connectivity index (χ2n) is 6.73. The molecule has 0 bridgehead atoms. The van der Waals surface area contributed by atoms with Gasteiger partial charge in [0.25, 0.3) is 0 Å². The summed E-state index contributed by atoms with van der Waals surface area (Å²) in [7, 11) is 2.04. The molecule has 1 aliphatic carbocycles. The molecule has 1 N–H and O–H groups in total. The first-order chi connectivity index (χ1) is 8.36. The van der Waals surface area contributed by atoms with Crippen LogP contribution in [0.3, 0.4) is 0 Å². The highest BCUT2D eigenvalue weighted by Gasteiger charge is 2.53. The Morgan fingerprint density at radius 3 is 2.61 bits per heavy atom. The first-order valence-electron chi connectivity index (χ1n) is 7.01. The molecule has 0 radical (unpaired) electrons. The van der Waals surface area contributed by atoms with Crippen molar-refractivity contribution in [1.82, 2.24) is 10.2 Å². The number of rotatable bonds is 1. The second-order valence-corrected chi connectivity index (χ2v) is 6.73. The molecule has 2 rings (SSSR count). The van der Waals surface area contributed by atoms with Crippen LogP contribution in [-0.4, -0.2) is 42.8 Å². The van der Waals surface area contributed by atoms with Gasteiger partial charge in [-0.2, -0.15) is 0 Å². The zero-order chi connectivity index (χ0) is 13.4. The van der Waals surface area contributed by atoms with Crippen molar-refractivity contribution in [3.05, 3.63) is 0 Å². The fourth-order valence-corrected chi connectivity index (χ4v) is 3.03. The molecule has 0 aromatic rings. The van der Waals surface area contributed by atoms with Crippen LogP contribution in [0.5, 0.6) is 0 Å². The van der Waals surface area contributed by atoms with Gasteiger partial charge in [-0.05, 0) is 58.9 Å². The molecule has 4 heteroatoms. The molecule has 2 aliphatic rings. The van der Waals surface area contributed by atoms with E-state index in [4.69, 9.17) is 4.74 Å². The summed E-state index contributed by atoms with van der Waals surface area (Å²) in [6.07, 6.45) is 4.56. The lowest BCUT2D eigenvalue weighted by atomic mass is 9.96. The van der Waals surface area contributed by atoms with E-state index in [1.54, 1.807) is 0 Å². The normalized spacial score (nSPS) is 32.2. The summed E-state index contributed by atoms with van der Waals surface area (Å²) in [6.45, 7) is 7.44. The number of amides is 1. The average molecular weight is 254 g/mol. The van der Waals surface area contributed by atoms with E-state index in [1.165, 1.54) is 12.8 Å². The topological polar surface area (TPSA) is 41.6 Å². The summed E-state index contributed by atoms with van der Waals surface area (Å²) in [5.74, 6) is 0. The zero-order valence-electron chi connectivity index (χ0n) is 12.1. The van der Waals surface area contributed by atoms with Crippen LogP contribution in [-0.2, 0) is 4.74 Å². The van der Waals surface area contributed by atoms with Gasteiger partial charge >= 0.3 is 6.09 Å². The van der Waals surface area contributed by atoms with Crippen molar-refractivity contribution in [3.63, 3.8) is 0 Å². The Labute approximate surface area is 110 Å². The van der Waals surface area contributed by atoms with Gasteiger partial charge in [-0.25, -0.2) is 4.79 Å². The predicted octanol–water partition coefficient (Wildman–Crippen LogP) is 2.39. The van der Waals surface area contributed by atoms with Crippen molar-refractivity contribution in [2.24, 2.45) is 5.41 Å². The second kappa shape index (κ2) is 4.72. The summed E-state index contributed by atoms with van der Waals surface area (Å²) in [4.78, 5) is 13.9. The van der Waals surface area contributed by atoms with Gasteiger partial charge in [0, 0.05) is 19.1 Å². The molecule has 1 saturated carbocycles. The number of ether oxygens (including phenoxy) is 1. The van der Waals surface area contributed by atoms with Crippen molar-refractivity contribution in [2.75, 3.05) is 20.1 Å². The quantitative estimate of drug-likeness (QED) is 0.781. The molecule has 1 spiro atoms. The minimum atomic E-state index is -0.395. The Bertz CT molecular complexity index is 324. The largest absolute Gasteiger partial charge is 0.444 e. The zero-order valence-corrected chi connectivity index (χ0v) is 12.1. The molecular weight excluding hydrogens is 228 g/mol. The molecule has 0 aromatic carbocycles. The van der Waals surface area contributed by atoms with E-state index in [-0.39, 0.29) is 6.09 Å². The van der Waals surface area contributed by atoms with E-state index in [0.717, 1.165) is 25.9 Å². The standard InChI is InChI=1S/C14H26N2O2/c1-13(2,3)18-12(17)16-8-5-6-14(7-9-16)10-11(14)15-4/h11,15H,5-10H2,1-4H3. The molecule has 2 fully saturated rings. The maximum atomic E-state index is 12.0. The van der Waals surface area contributed by atoms with Gasteiger partial charge in [0.05, 0.1) is 0 Å². The van der Waals surface area contributed by atoms with Gasteiger partial charge < -0.3 is 15.0 Å². The molecule has 2 unspecified atom stereocenters. The fourth-order valence-electron chi connectivity index (χ4n) is 3.03. The van der Waals surface area contributed by atoms with E-state index >= 15 is 0 Å². The molecule has 18 heavy (non-hydrogen) atoms. The average Bonchev–Trinajstić information content (AvgIpc) is 2.99. The smallest absolute Gasteiger partial charge is 0.410 e. The third-order valence-corrected chi connectivity index (χ3v) is 4.17. The molecule has 104 valence electrons. The summed E-state index contributed by atoms with van der Waals surface area (Å²) in [6, 6.07) is 0.663. The highest BCUT2D eigenvalue weighted by atomic mass is 16.6. The van der Waals surface area contributed by atoms with Gasteiger partial charge in [0.2, 0.25) is 0 Å². The summed E-state index contributed by atoms with van der Waals surface area (Å²) < 4.78 is 5.45.